The van der Waals surface area contributed by atoms with Crippen LogP contribution in [0.1, 0.15) is 49.9 Å². The minimum atomic E-state index is -0.242. The Balaban J connectivity index is 1.46. The van der Waals surface area contributed by atoms with Crippen molar-refractivity contribution >= 4 is 11.7 Å². The molecule has 0 aliphatic heterocycles. The van der Waals surface area contributed by atoms with E-state index in [1.54, 1.807) is 6.20 Å². The zero-order chi connectivity index (χ0) is 17.5. The monoisotopic (exact) mass is 339 g/mol. The molecule has 5 nitrogen and oxygen atoms in total. The van der Waals surface area contributed by atoms with Gasteiger partial charge in [-0.3, -0.25) is 4.98 Å². The third-order valence-electron chi connectivity index (χ3n) is 4.48. The van der Waals surface area contributed by atoms with E-state index in [-0.39, 0.29) is 12.1 Å². The molecule has 1 atom stereocenters. The number of carbonyl (C=O) groups is 1. The molecule has 0 spiro atoms. The van der Waals surface area contributed by atoms with Crippen LogP contribution in [0.3, 0.4) is 0 Å². The van der Waals surface area contributed by atoms with Crippen molar-refractivity contribution in [3.05, 3.63) is 59.9 Å². The van der Waals surface area contributed by atoms with E-state index < -0.39 is 0 Å². The average molecular weight is 339 g/mol. The number of hydrogen-bond donors (Lipinski definition) is 2. The van der Waals surface area contributed by atoms with E-state index in [9.17, 15) is 4.79 Å². The van der Waals surface area contributed by atoms with Crippen molar-refractivity contribution in [2.75, 3.05) is 5.32 Å². The van der Waals surface area contributed by atoms with Gasteiger partial charge in [0.05, 0.1) is 24.4 Å². The van der Waals surface area contributed by atoms with Crippen molar-refractivity contribution in [3.8, 4) is 0 Å². The van der Waals surface area contributed by atoms with Gasteiger partial charge >= 0.3 is 6.03 Å². The molecule has 5 heteroatoms. The lowest BCUT2D eigenvalue weighted by atomic mass is 10.2. The largest absolute Gasteiger partial charge is 0.374 e. The quantitative estimate of drug-likeness (QED) is 0.818. The average Bonchev–Trinajstić information content (AvgIpc) is 3.15. The van der Waals surface area contributed by atoms with Gasteiger partial charge in [-0.05, 0) is 49.6 Å². The Morgan fingerprint density at radius 2 is 1.96 bits per heavy atom. The number of urea groups is 1. The minimum Gasteiger partial charge on any atom is -0.374 e. The molecule has 2 amide bonds. The number of pyridine rings is 1. The fourth-order valence-electron chi connectivity index (χ4n) is 3.02. The number of amides is 2. The second-order valence-electron chi connectivity index (χ2n) is 6.49. The normalized spacial score (nSPS) is 15.7. The molecule has 1 heterocycles. The van der Waals surface area contributed by atoms with Crippen LogP contribution in [0.25, 0.3) is 0 Å². The van der Waals surface area contributed by atoms with E-state index in [2.05, 4.69) is 15.6 Å². The molecule has 25 heavy (non-hydrogen) atoms. The molecule has 0 unspecified atom stereocenters. The highest BCUT2D eigenvalue weighted by molar-refractivity contribution is 5.89. The Kier molecular flexibility index (Phi) is 6.01. The van der Waals surface area contributed by atoms with Gasteiger partial charge in [-0.25, -0.2) is 4.79 Å². The number of nitrogens with one attached hydrogen (secondary N) is 2. The first kappa shape index (κ1) is 17.4. The summed E-state index contributed by atoms with van der Waals surface area (Å²) in [7, 11) is 0. The summed E-state index contributed by atoms with van der Waals surface area (Å²) in [5.74, 6) is 0. The molecule has 1 aromatic heterocycles. The summed E-state index contributed by atoms with van der Waals surface area (Å²) in [4.78, 5) is 16.4. The van der Waals surface area contributed by atoms with Crippen LogP contribution >= 0.6 is 0 Å². The number of benzene rings is 1. The molecular formula is C20H25N3O2. The van der Waals surface area contributed by atoms with Gasteiger partial charge in [0.25, 0.3) is 0 Å². The van der Waals surface area contributed by atoms with Gasteiger partial charge in [0, 0.05) is 11.9 Å². The number of ether oxygens (including phenoxy) is 1. The van der Waals surface area contributed by atoms with Gasteiger partial charge < -0.3 is 15.4 Å². The van der Waals surface area contributed by atoms with E-state index in [1.807, 2.05) is 49.4 Å². The summed E-state index contributed by atoms with van der Waals surface area (Å²) in [5.41, 5.74) is 2.71. The lowest BCUT2D eigenvalue weighted by Gasteiger charge is -2.14. The highest BCUT2D eigenvalue weighted by Crippen LogP contribution is 2.22. The molecule has 0 bridgehead atoms. The zero-order valence-electron chi connectivity index (χ0n) is 14.6. The molecule has 0 radical (unpaired) electrons. The number of nitrogens with zero attached hydrogens (tertiary/aromatic N) is 1. The van der Waals surface area contributed by atoms with E-state index in [4.69, 9.17) is 4.74 Å². The van der Waals surface area contributed by atoms with Crippen LogP contribution in [0.2, 0.25) is 0 Å². The van der Waals surface area contributed by atoms with Crippen molar-refractivity contribution < 1.29 is 9.53 Å². The molecule has 1 saturated carbocycles. The van der Waals surface area contributed by atoms with Crippen LogP contribution in [0.5, 0.6) is 0 Å². The first-order chi connectivity index (χ1) is 12.2. The highest BCUT2D eigenvalue weighted by atomic mass is 16.5. The summed E-state index contributed by atoms with van der Waals surface area (Å²) >= 11 is 0. The molecule has 1 aromatic carbocycles. The fraction of sp³-hybridized carbons (Fsp3) is 0.400. The van der Waals surface area contributed by atoms with Gasteiger partial charge in [-0.1, -0.05) is 31.0 Å². The summed E-state index contributed by atoms with van der Waals surface area (Å²) in [6.45, 7) is 2.54. The number of hydrogen-bond acceptors (Lipinski definition) is 3. The molecule has 1 aliphatic rings. The van der Waals surface area contributed by atoms with E-state index in [0.717, 1.165) is 16.9 Å². The second-order valence-corrected chi connectivity index (χ2v) is 6.49. The van der Waals surface area contributed by atoms with Crippen LogP contribution in [0, 0.1) is 0 Å². The Bertz CT molecular complexity index is 667. The van der Waals surface area contributed by atoms with Crippen molar-refractivity contribution in [1.82, 2.24) is 10.3 Å². The van der Waals surface area contributed by atoms with Crippen LogP contribution < -0.4 is 10.6 Å². The predicted octanol–water partition coefficient (Wildman–Crippen LogP) is 4.42. The van der Waals surface area contributed by atoms with Crippen molar-refractivity contribution in [3.63, 3.8) is 0 Å². The first-order valence-electron chi connectivity index (χ1n) is 8.90. The third-order valence-corrected chi connectivity index (χ3v) is 4.48. The maximum atomic E-state index is 12.1. The highest BCUT2D eigenvalue weighted by Gasteiger charge is 2.15. The maximum Gasteiger partial charge on any atom is 0.319 e. The minimum absolute atomic E-state index is 0.153. The lowest BCUT2D eigenvalue weighted by Crippen LogP contribution is -2.31. The van der Waals surface area contributed by atoms with Crippen LogP contribution in [-0.2, 0) is 11.3 Å². The van der Waals surface area contributed by atoms with E-state index >= 15 is 0 Å². The summed E-state index contributed by atoms with van der Waals surface area (Å²) in [5, 5.41) is 5.73. The van der Waals surface area contributed by atoms with Crippen molar-refractivity contribution in [1.29, 1.82) is 0 Å². The van der Waals surface area contributed by atoms with E-state index in [1.165, 1.54) is 25.7 Å². The van der Waals surface area contributed by atoms with Gasteiger partial charge in [0.2, 0.25) is 0 Å². The molecule has 1 fully saturated rings. The molecule has 3 rings (SSSR count). The zero-order valence-corrected chi connectivity index (χ0v) is 14.6. The predicted molar refractivity (Wildman–Crippen MR) is 98.3 cm³/mol. The molecule has 132 valence electrons. The van der Waals surface area contributed by atoms with Crippen LogP contribution in [0.15, 0.2) is 48.7 Å². The Morgan fingerprint density at radius 1 is 1.20 bits per heavy atom. The third kappa shape index (κ3) is 5.29. The Hall–Kier alpha value is -2.40. The van der Waals surface area contributed by atoms with Crippen molar-refractivity contribution in [2.45, 2.75) is 51.4 Å². The first-order valence-corrected chi connectivity index (χ1v) is 8.90. The molecule has 2 aromatic rings. The summed E-state index contributed by atoms with van der Waals surface area (Å²) in [6, 6.07) is 13.0. The standard InChI is InChI=1S/C20H25N3O2/c1-15(19-8-4-5-13-21-19)22-20(24)23-17-11-9-16(10-12-17)14-25-18-6-2-3-7-18/h4-5,8-13,15,18H,2-3,6-7,14H2,1H3,(H2,22,23,24)/t15-/m0/s1. The molecule has 1 aliphatic carbocycles. The SMILES string of the molecule is C[C@H](NC(=O)Nc1ccc(COC2CCCC2)cc1)c1ccccn1. The van der Waals surface area contributed by atoms with E-state index in [0.29, 0.717) is 12.7 Å². The van der Waals surface area contributed by atoms with Crippen molar-refractivity contribution in [2.24, 2.45) is 0 Å². The van der Waals surface area contributed by atoms with Crippen LogP contribution in [-0.4, -0.2) is 17.1 Å². The smallest absolute Gasteiger partial charge is 0.319 e. The Labute approximate surface area is 148 Å². The number of anilines is 1. The number of rotatable bonds is 6. The van der Waals surface area contributed by atoms with Gasteiger partial charge in [-0.15, -0.1) is 0 Å². The summed E-state index contributed by atoms with van der Waals surface area (Å²) in [6.07, 6.45) is 7.04. The van der Waals surface area contributed by atoms with Gasteiger partial charge in [0.15, 0.2) is 0 Å². The lowest BCUT2D eigenvalue weighted by molar-refractivity contribution is 0.0457. The second kappa shape index (κ2) is 8.62. The molecule has 2 N–H and O–H groups in total. The van der Waals surface area contributed by atoms with Crippen LogP contribution in [0.4, 0.5) is 10.5 Å². The number of carbonyl (C=O) groups excluding carboxylic acids is 1. The number of aromatic nitrogens is 1. The van der Waals surface area contributed by atoms with Gasteiger partial charge in [0.1, 0.15) is 0 Å². The summed E-state index contributed by atoms with van der Waals surface area (Å²) < 4.78 is 5.90. The van der Waals surface area contributed by atoms with Gasteiger partial charge in [-0.2, -0.15) is 0 Å². The fourth-order valence-corrected chi connectivity index (χ4v) is 3.02. The Morgan fingerprint density at radius 3 is 2.64 bits per heavy atom. The molecule has 0 saturated heterocycles. The molecular weight excluding hydrogens is 314 g/mol. The topological polar surface area (TPSA) is 63.2 Å². The maximum absolute atomic E-state index is 12.1.